The summed E-state index contributed by atoms with van der Waals surface area (Å²) < 4.78 is 28.2. The number of nitrogens with zero attached hydrogens (tertiary/aromatic N) is 3. The second-order valence-electron chi connectivity index (χ2n) is 8.62. The van der Waals surface area contributed by atoms with Crippen LogP contribution in [0.25, 0.3) is 0 Å². The molecular weight excluding hydrogens is 541 g/mol. The van der Waals surface area contributed by atoms with E-state index in [9.17, 15) is 13.2 Å². The van der Waals surface area contributed by atoms with E-state index in [1.807, 2.05) is 25.1 Å². The monoisotopic (exact) mass is 565 g/mol. The lowest BCUT2D eigenvalue weighted by Gasteiger charge is -2.37. The van der Waals surface area contributed by atoms with Crippen molar-refractivity contribution < 1.29 is 13.2 Å². The fraction of sp³-hybridized carbons (Fsp3) is 0.269. The van der Waals surface area contributed by atoms with Gasteiger partial charge in [0.15, 0.2) is 0 Å². The van der Waals surface area contributed by atoms with Gasteiger partial charge in [0.05, 0.1) is 11.4 Å². The van der Waals surface area contributed by atoms with E-state index in [1.54, 1.807) is 29.2 Å². The lowest BCUT2D eigenvalue weighted by atomic mass is 10.1. The summed E-state index contributed by atoms with van der Waals surface area (Å²) in [6, 6.07) is 18.7. The predicted octanol–water partition coefficient (Wildman–Crippen LogP) is 5.49. The standard InChI is InChI=1S/C26H26Cl3N3O3S/c1-19-6-7-22(28)16-25(19)30-12-14-31(15-13-30)26(33)18-32(17-20-4-2-3-5-24(20)29)36(34,35)23-10-8-21(27)9-11-23/h2-11,16H,12-15,17-18H2,1H3. The van der Waals surface area contributed by atoms with Crippen molar-refractivity contribution in [3.63, 3.8) is 0 Å². The van der Waals surface area contributed by atoms with Crippen molar-refractivity contribution in [2.45, 2.75) is 18.4 Å². The van der Waals surface area contributed by atoms with Crippen LogP contribution in [0.15, 0.2) is 71.6 Å². The summed E-state index contributed by atoms with van der Waals surface area (Å²) in [7, 11) is -3.99. The van der Waals surface area contributed by atoms with Crippen LogP contribution < -0.4 is 4.90 Å². The molecule has 0 radical (unpaired) electrons. The number of rotatable bonds is 7. The third-order valence-corrected chi connectivity index (χ3v) is 8.87. The molecule has 3 aromatic rings. The topological polar surface area (TPSA) is 60.9 Å². The fourth-order valence-electron chi connectivity index (χ4n) is 4.17. The van der Waals surface area contributed by atoms with Gasteiger partial charge in [-0.15, -0.1) is 0 Å². The molecule has 1 aliphatic heterocycles. The van der Waals surface area contributed by atoms with Crippen molar-refractivity contribution in [3.05, 3.63) is 92.9 Å². The zero-order valence-corrected chi connectivity index (χ0v) is 22.8. The van der Waals surface area contributed by atoms with Gasteiger partial charge in [0.2, 0.25) is 15.9 Å². The smallest absolute Gasteiger partial charge is 0.243 e. The van der Waals surface area contributed by atoms with E-state index in [2.05, 4.69) is 4.90 Å². The van der Waals surface area contributed by atoms with Gasteiger partial charge in [0.25, 0.3) is 0 Å². The highest BCUT2D eigenvalue weighted by Gasteiger charge is 2.30. The molecule has 36 heavy (non-hydrogen) atoms. The molecule has 0 bridgehead atoms. The van der Waals surface area contributed by atoms with Gasteiger partial charge in [-0.25, -0.2) is 8.42 Å². The van der Waals surface area contributed by atoms with Gasteiger partial charge < -0.3 is 9.80 Å². The van der Waals surface area contributed by atoms with E-state index in [1.165, 1.54) is 28.6 Å². The summed E-state index contributed by atoms with van der Waals surface area (Å²) in [5.41, 5.74) is 2.77. The Bertz CT molecular complexity index is 1340. The summed E-state index contributed by atoms with van der Waals surface area (Å²) in [6.45, 7) is 3.90. The number of hydrogen-bond acceptors (Lipinski definition) is 4. The number of benzene rings is 3. The van der Waals surface area contributed by atoms with Crippen molar-refractivity contribution in [1.29, 1.82) is 0 Å². The van der Waals surface area contributed by atoms with Crippen molar-refractivity contribution in [2.75, 3.05) is 37.6 Å². The Morgan fingerprint density at radius 2 is 1.53 bits per heavy atom. The maximum absolute atomic E-state index is 13.5. The molecule has 0 saturated carbocycles. The maximum Gasteiger partial charge on any atom is 0.243 e. The van der Waals surface area contributed by atoms with Crippen LogP contribution in [0.1, 0.15) is 11.1 Å². The third kappa shape index (κ3) is 6.15. The molecule has 1 aliphatic rings. The molecule has 0 aromatic heterocycles. The summed E-state index contributed by atoms with van der Waals surface area (Å²) in [5, 5.41) is 1.53. The average Bonchev–Trinajstić information content (AvgIpc) is 2.86. The molecule has 1 heterocycles. The highest BCUT2D eigenvalue weighted by atomic mass is 35.5. The first-order valence-electron chi connectivity index (χ1n) is 11.4. The molecule has 1 fully saturated rings. The van der Waals surface area contributed by atoms with Crippen LogP contribution in [0.5, 0.6) is 0 Å². The van der Waals surface area contributed by atoms with E-state index in [0.717, 1.165) is 11.3 Å². The Kier molecular flexibility index (Phi) is 8.48. The predicted molar refractivity (Wildman–Crippen MR) is 145 cm³/mol. The second kappa shape index (κ2) is 11.4. The zero-order chi connectivity index (χ0) is 25.9. The van der Waals surface area contributed by atoms with E-state index < -0.39 is 10.0 Å². The van der Waals surface area contributed by atoms with Crippen LogP contribution >= 0.6 is 34.8 Å². The molecular formula is C26H26Cl3N3O3S. The van der Waals surface area contributed by atoms with Crippen LogP contribution in [-0.2, 0) is 21.4 Å². The molecule has 3 aromatic carbocycles. The minimum Gasteiger partial charge on any atom is -0.368 e. The fourth-order valence-corrected chi connectivity index (χ4v) is 6.02. The summed E-state index contributed by atoms with van der Waals surface area (Å²) in [6.07, 6.45) is 0. The zero-order valence-electron chi connectivity index (χ0n) is 19.7. The van der Waals surface area contributed by atoms with Crippen molar-refractivity contribution in [3.8, 4) is 0 Å². The Labute approximate surface area is 227 Å². The van der Waals surface area contributed by atoms with Crippen LogP contribution in [0.3, 0.4) is 0 Å². The molecule has 190 valence electrons. The number of carbonyl (C=O) groups excluding carboxylic acids is 1. The average molecular weight is 567 g/mol. The first-order chi connectivity index (χ1) is 17.1. The van der Waals surface area contributed by atoms with Crippen LogP contribution in [0.4, 0.5) is 5.69 Å². The highest BCUT2D eigenvalue weighted by molar-refractivity contribution is 7.89. The molecule has 1 amide bonds. The van der Waals surface area contributed by atoms with E-state index >= 15 is 0 Å². The van der Waals surface area contributed by atoms with Gasteiger partial charge in [-0.05, 0) is 60.5 Å². The molecule has 0 aliphatic carbocycles. The molecule has 4 rings (SSSR count). The number of hydrogen-bond donors (Lipinski definition) is 0. The minimum absolute atomic E-state index is 0.0297. The molecule has 0 atom stereocenters. The SMILES string of the molecule is Cc1ccc(Cl)cc1N1CCN(C(=O)CN(Cc2ccccc2Cl)S(=O)(=O)c2ccc(Cl)cc2)CC1. The van der Waals surface area contributed by atoms with Gasteiger partial charge in [-0.1, -0.05) is 59.1 Å². The van der Waals surface area contributed by atoms with E-state index in [-0.39, 0.29) is 23.9 Å². The highest BCUT2D eigenvalue weighted by Crippen LogP contribution is 2.26. The lowest BCUT2D eigenvalue weighted by Crippen LogP contribution is -2.52. The molecule has 0 unspecified atom stereocenters. The molecule has 1 saturated heterocycles. The molecule has 10 heteroatoms. The van der Waals surface area contributed by atoms with Crippen molar-refractivity contribution in [2.24, 2.45) is 0 Å². The maximum atomic E-state index is 13.5. The summed E-state index contributed by atoms with van der Waals surface area (Å²) in [5.74, 6) is -0.262. The Balaban J connectivity index is 1.52. The van der Waals surface area contributed by atoms with Crippen LogP contribution in [0.2, 0.25) is 15.1 Å². The normalized spacial score (nSPS) is 14.4. The number of halogens is 3. The second-order valence-corrected chi connectivity index (χ2v) is 11.8. The Morgan fingerprint density at radius 3 is 2.19 bits per heavy atom. The Hall–Kier alpha value is -2.29. The van der Waals surface area contributed by atoms with Crippen LogP contribution in [0, 0.1) is 6.92 Å². The number of anilines is 1. The number of aryl methyl sites for hydroxylation is 1. The number of sulfonamides is 1. The number of carbonyl (C=O) groups is 1. The Morgan fingerprint density at radius 1 is 0.889 bits per heavy atom. The van der Waals surface area contributed by atoms with Crippen molar-refractivity contribution in [1.82, 2.24) is 9.21 Å². The van der Waals surface area contributed by atoms with Gasteiger partial charge >= 0.3 is 0 Å². The number of piperazine rings is 1. The summed E-state index contributed by atoms with van der Waals surface area (Å²) >= 11 is 18.5. The van der Waals surface area contributed by atoms with E-state index in [0.29, 0.717) is 46.8 Å². The lowest BCUT2D eigenvalue weighted by molar-refractivity contribution is -0.131. The van der Waals surface area contributed by atoms with Gasteiger partial charge in [0.1, 0.15) is 0 Å². The third-order valence-electron chi connectivity index (χ3n) is 6.21. The van der Waals surface area contributed by atoms with Gasteiger partial charge in [-0.2, -0.15) is 4.31 Å². The van der Waals surface area contributed by atoms with Crippen LogP contribution in [-0.4, -0.2) is 56.3 Å². The van der Waals surface area contributed by atoms with Gasteiger partial charge in [0, 0.05) is 53.5 Å². The number of amides is 1. The molecule has 0 N–H and O–H groups in total. The quantitative estimate of drug-likeness (QED) is 0.379. The molecule has 0 spiro atoms. The summed E-state index contributed by atoms with van der Waals surface area (Å²) in [4.78, 5) is 17.3. The molecule has 6 nitrogen and oxygen atoms in total. The minimum atomic E-state index is -3.99. The first-order valence-corrected chi connectivity index (χ1v) is 14.0. The van der Waals surface area contributed by atoms with E-state index in [4.69, 9.17) is 34.8 Å². The van der Waals surface area contributed by atoms with Gasteiger partial charge in [-0.3, -0.25) is 4.79 Å². The van der Waals surface area contributed by atoms with Crippen molar-refractivity contribution >= 4 is 56.4 Å². The first kappa shape index (κ1) is 26.8. The largest absolute Gasteiger partial charge is 0.368 e.